The highest BCUT2D eigenvalue weighted by molar-refractivity contribution is 9.10. The fraction of sp³-hybridized carbons (Fsp3) is 0.0769. The van der Waals surface area contributed by atoms with Crippen LogP contribution in [-0.2, 0) is 0 Å². The molecule has 2 aromatic carbocycles. The van der Waals surface area contributed by atoms with Crippen molar-refractivity contribution in [3.8, 4) is 11.5 Å². The zero-order chi connectivity index (χ0) is 12.4. The van der Waals surface area contributed by atoms with Crippen LogP contribution in [0.1, 0.15) is 5.56 Å². The number of rotatable bonds is 2. The van der Waals surface area contributed by atoms with Crippen LogP contribution in [-0.4, -0.2) is 0 Å². The van der Waals surface area contributed by atoms with Crippen LogP contribution in [0.25, 0.3) is 0 Å². The van der Waals surface area contributed by atoms with Crippen LogP contribution >= 0.6 is 15.9 Å². The van der Waals surface area contributed by atoms with Crippen molar-refractivity contribution < 1.29 is 13.5 Å². The lowest BCUT2D eigenvalue weighted by Gasteiger charge is -2.09. The van der Waals surface area contributed by atoms with Gasteiger partial charge in [0.05, 0.1) is 4.47 Å². The van der Waals surface area contributed by atoms with Gasteiger partial charge in [-0.25, -0.2) is 8.78 Å². The molecule has 0 N–H and O–H groups in total. The molecule has 0 aliphatic heterocycles. The van der Waals surface area contributed by atoms with Crippen molar-refractivity contribution in [1.82, 2.24) is 0 Å². The maximum atomic E-state index is 13.4. The minimum atomic E-state index is -0.725. The topological polar surface area (TPSA) is 9.23 Å². The average Bonchev–Trinajstić information content (AvgIpc) is 2.25. The minimum Gasteiger partial charge on any atom is -0.453 e. The summed E-state index contributed by atoms with van der Waals surface area (Å²) in [7, 11) is 0. The van der Waals surface area contributed by atoms with Crippen LogP contribution in [0.5, 0.6) is 11.5 Å². The monoisotopic (exact) mass is 298 g/mol. The molecule has 2 aromatic rings. The summed E-state index contributed by atoms with van der Waals surface area (Å²) in [6.45, 7) is 1.94. The Hall–Kier alpha value is -1.42. The van der Waals surface area contributed by atoms with Crippen LogP contribution in [0.2, 0.25) is 0 Å². The Morgan fingerprint density at radius 3 is 2.35 bits per heavy atom. The van der Waals surface area contributed by atoms with Crippen molar-refractivity contribution in [2.24, 2.45) is 0 Å². The highest BCUT2D eigenvalue weighted by Crippen LogP contribution is 2.31. The van der Waals surface area contributed by atoms with Crippen molar-refractivity contribution in [3.05, 3.63) is 58.1 Å². The van der Waals surface area contributed by atoms with Crippen molar-refractivity contribution in [2.75, 3.05) is 0 Å². The molecule has 0 saturated carbocycles. The molecule has 17 heavy (non-hydrogen) atoms. The van der Waals surface area contributed by atoms with Gasteiger partial charge in [0.1, 0.15) is 11.6 Å². The van der Waals surface area contributed by atoms with E-state index in [1.807, 2.05) is 19.1 Å². The Balaban J connectivity index is 2.31. The first-order valence-corrected chi connectivity index (χ1v) is 5.74. The van der Waals surface area contributed by atoms with Gasteiger partial charge in [-0.05, 0) is 52.7 Å². The molecule has 1 nitrogen and oxygen atoms in total. The van der Waals surface area contributed by atoms with Gasteiger partial charge in [0.2, 0.25) is 0 Å². The lowest BCUT2D eigenvalue weighted by Crippen LogP contribution is -1.90. The molecular formula is C13H9BrF2O. The molecule has 0 aromatic heterocycles. The fourth-order valence-electron chi connectivity index (χ4n) is 1.37. The molecule has 88 valence electrons. The second kappa shape index (κ2) is 4.84. The Morgan fingerprint density at radius 1 is 1.00 bits per heavy atom. The predicted octanol–water partition coefficient (Wildman–Crippen LogP) is 4.83. The van der Waals surface area contributed by atoms with Gasteiger partial charge >= 0.3 is 0 Å². The molecule has 0 spiro atoms. The number of ether oxygens (including phenoxy) is 1. The molecule has 0 radical (unpaired) electrons. The van der Waals surface area contributed by atoms with E-state index in [9.17, 15) is 8.78 Å². The Bertz CT molecular complexity index is 506. The summed E-state index contributed by atoms with van der Waals surface area (Å²) in [5, 5.41) is 0. The van der Waals surface area contributed by atoms with Crippen LogP contribution < -0.4 is 4.74 Å². The largest absolute Gasteiger partial charge is 0.453 e. The summed E-state index contributed by atoms with van der Waals surface area (Å²) in [5.41, 5.74) is 1.06. The van der Waals surface area contributed by atoms with E-state index >= 15 is 0 Å². The van der Waals surface area contributed by atoms with Gasteiger partial charge < -0.3 is 4.74 Å². The molecule has 0 amide bonds. The molecule has 0 aliphatic rings. The third-order valence-electron chi connectivity index (χ3n) is 2.20. The van der Waals surface area contributed by atoms with Gasteiger partial charge in [-0.2, -0.15) is 0 Å². The first-order chi connectivity index (χ1) is 8.06. The summed E-state index contributed by atoms with van der Waals surface area (Å²) in [6.07, 6.45) is 0. The molecule has 0 unspecified atom stereocenters. The summed E-state index contributed by atoms with van der Waals surface area (Å²) in [6, 6.07) is 8.63. The molecule has 4 heteroatoms. The summed E-state index contributed by atoms with van der Waals surface area (Å²) >= 11 is 3.32. The normalized spacial score (nSPS) is 10.4. The number of hydrogen-bond acceptors (Lipinski definition) is 1. The van der Waals surface area contributed by atoms with Gasteiger partial charge in [-0.1, -0.05) is 6.07 Å². The van der Waals surface area contributed by atoms with E-state index in [1.54, 1.807) is 6.07 Å². The second-order valence-corrected chi connectivity index (χ2v) is 4.47. The molecule has 0 bridgehead atoms. The molecule has 0 heterocycles. The van der Waals surface area contributed by atoms with Crippen LogP contribution in [0.4, 0.5) is 8.78 Å². The van der Waals surface area contributed by atoms with E-state index in [0.717, 1.165) is 22.2 Å². The quantitative estimate of drug-likeness (QED) is 0.772. The molecule has 0 saturated heterocycles. The van der Waals surface area contributed by atoms with Gasteiger partial charge in [0.25, 0.3) is 0 Å². The van der Waals surface area contributed by atoms with Crippen LogP contribution in [0.15, 0.2) is 40.9 Å². The zero-order valence-corrected chi connectivity index (χ0v) is 10.6. The molecule has 2 rings (SSSR count). The highest BCUT2D eigenvalue weighted by atomic mass is 79.9. The summed E-state index contributed by atoms with van der Waals surface area (Å²) < 4.78 is 32.2. The van der Waals surface area contributed by atoms with Crippen LogP contribution in [0, 0.1) is 18.6 Å². The van der Waals surface area contributed by atoms with Gasteiger partial charge in [0.15, 0.2) is 11.6 Å². The van der Waals surface area contributed by atoms with E-state index in [1.165, 1.54) is 6.07 Å². The third-order valence-corrected chi connectivity index (χ3v) is 2.82. The lowest BCUT2D eigenvalue weighted by atomic mass is 10.2. The minimum absolute atomic E-state index is 0.00375. The number of benzene rings is 2. The van der Waals surface area contributed by atoms with E-state index in [4.69, 9.17) is 4.74 Å². The van der Waals surface area contributed by atoms with Crippen molar-refractivity contribution in [3.63, 3.8) is 0 Å². The molecule has 0 atom stereocenters. The SMILES string of the molecule is Cc1ccc(Oc2ccc(F)cc2F)c(Br)c1. The predicted molar refractivity (Wildman–Crippen MR) is 65.3 cm³/mol. The Morgan fingerprint density at radius 2 is 1.71 bits per heavy atom. The molecule has 0 aliphatic carbocycles. The van der Waals surface area contributed by atoms with Crippen molar-refractivity contribution >= 4 is 15.9 Å². The Labute approximate surface area is 106 Å². The van der Waals surface area contributed by atoms with E-state index in [2.05, 4.69) is 15.9 Å². The van der Waals surface area contributed by atoms with Gasteiger partial charge in [-0.3, -0.25) is 0 Å². The van der Waals surface area contributed by atoms with Crippen molar-refractivity contribution in [2.45, 2.75) is 6.92 Å². The standard InChI is InChI=1S/C13H9BrF2O/c1-8-2-4-12(10(14)6-8)17-13-5-3-9(15)7-11(13)16/h2-7H,1H3. The lowest BCUT2D eigenvalue weighted by molar-refractivity contribution is 0.435. The van der Waals surface area contributed by atoms with E-state index < -0.39 is 11.6 Å². The van der Waals surface area contributed by atoms with E-state index in [0.29, 0.717) is 5.75 Å². The average molecular weight is 299 g/mol. The second-order valence-electron chi connectivity index (χ2n) is 3.61. The zero-order valence-electron chi connectivity index (χ0n) is 9.01. The van der Waals surface area contributed by atoms with Gasteiger partial charge in [-0.15, -0.1) is 0 Å². The summed E-state index contributed by atoms with van der Waals surface area (Å²) in [4.78, 5) is 0. The summed E-state index contributed by atoms with van der Waals surface area (Å²) in [5.74, 6) is -0.868. The number of aryl methyl sites for hydroxylation is 1. The van der Waals surface area contributed by atoms with E-state index in [-0.39, 0.29) is 5.75 Å². The first-order valence-electron chi connectivity index (χ1n) is 4.95. The number of halogens is 3. The molecular weight excluding hydrogens is 290 g/mol. The third kappa shape index (κ3) is 2.82. The fourth-order valence-corrected chi connectivity index (χ4v) is 1.94. The van der Waals surface area contributed by atoms with Gasteiger partial charge in [0, 0.05) is 6.07 Å². The highest BCUT2D eigenvalue weighted by Gasteiger charge is 2.08. The number of hydrogen-bond donors (Lipinski definition) is 0. The van der Waals surface area contributed by atoms with Crippen molar-refractivity contribution in [1.29, 1.82) is 0 Å². The Kier molecular flexibility index (Phi) is 3.43. The maximum Gasteiger partial charge on any atom is 0.168 e. The first kappa shape index (κ1) is 12.0. The maximum absolute atomic E-state index is 13.4. The smallest absolute Gasteiger partial charge is 0.168 e. The van der Waals surface area contributed by atoms with Crippen LogP contribution in [0.3, 0.4) is 0 Å². The molecule has 0 fully saturated rings.